The van der Waals surface area contributed by atoms with Crippen LogP contribution in [0.3, 0.4) is 0 Å². The Morgan fingerprint density at radius 1 is 1.00 bits per heavy atom. The molecular formula is C23H40N2S3. The zero-order valence-electron chi connectivity index (χ0n) is 18.6. The summed E-state index contributed by atoms with van der Waals surface area (Å²) in [6.07, 6.45) is 19.2. The second-order valence-corrected chi connectivity index (χ2v) is 9.79. The standard InChI is InChI=1S/C23H40N2S3/c1-6-7-8-9-10-11-12-13-14-15-16-18(2)22(26)25-21-20(27-4)17-19(3)24-23(21)28-5/h17-18H,6-16H2,1-5H3,(H,25,26). The van der Waals surface area contributed by atoms with Gasteiger partial charge in [-0.3, -0.25) is 0 Å². The van der Waals surface area contributed by atoms with Crippen LogP contribution in [0, 0.1) is 12.8 Å². The number of aryl methyl sites for hydroxylation is 1. The second-order valence-electron chi connectivity index (χ2n) is 7.71. The van der Waals surface area contributed by atoms with Gasteiger partial charge >= 0.3 is 0 Å². The molecule has 0 aliphatic carbocycles. The first-order chi connectivity index (χ1) is 13.5. The molecule has 1 aromatic rings. The number of unbranched alkanes of at least 4 members (excludes halogenated alkanes) is 9. The maximum absolute atomic E-state index is 5.72. The third kappa shape index (κ3) is 9.98. The number of anilines is 1. The molecule has 0 spiro atoms. The van der Waals surface area contributed by atoms with Gasteiger partial charge in [0.25, 0.3) is 0 Å². The predicted molar refractivity (Wildman–Crippen MR) is 134 cm³/mol. The highest BCUT2D eigenvalue weighted by molar-refractivity contribution is 7.99. The normalized spacial score (nSPS) is 12.2. The summed E-state index contributed by atoms with van der Waals surface area (Å²) in [7, 11) is 0. The van der Waals surface area contributed by atoms with Crippen LogP contribution < -0.4 is 5.32 Å². The Morgan fingerprint density at radius 3 is 2.11 bits per heavy atom. The molecule has 0 aromatic carbocycles. The highest BCUT2D eigenvalue weighted by Gasteiger charge is 2.15. The van der Waals surface area contributed by atoms with Gasteiger partial charge in [-0.15, -0.1) is 23.5 Å². The fourth-order valence-corrected chi connectivity index (χ4v) is 4.88. The zero-order valence-corrected chi connectivity index (χ0v) is 21.1. The topological polar surface area (TPSA) is 24.9 Å². The minimum absolute atomic E-state index is 0.412. The Bertz CT molecular complexity index is 550. The Morgan fingerprint density at radius 2 is 1.57 bits per heavy atom. The SMILES string of the molecule is CCCCCCCCCCCCC(C)C(=S)Nc1c(SC)cc(C)nc1SC. The van der Waals surface area contributed by atoms with E-state index in [1.165, 1.54) is 75.5 Å². The van der Waals surface area contributed by atoms with Crippen molar-refractivity contribution in [3.05, 3.63) is 11.8 Å². The smallest absolute Gasteiger partial charge is 0.121 e. The van der Waals surface area contributed by atoms with E-state index in [1.807, 2.05) is 0 Å². The van der Waals surface area contributed by atoms with Crippen LogP contribution in [0.4, 0.5) is 5.69 Å². The van der Waals surface area contributed by atoms with Gasteiger partial charge in [0.2, 0.25) is 0 Å². The molecule has 1 unspecified atom stereocenters. The summed E-state index contributed by atoms with van der Waals surface area (Å²) in [4.78, 5) is 6.85. The third-order valence-corrected chi connectivity index (χ3v) is 7.13. The summed E-state index contributed by atoms with van der Waals surface area (Å²) >= 11 is 9.15. The van der Waals surface area contributed by atoms with E-state index in [-0.39, 0.29) is 0 Å². The first-order valence-corrected chi connectivity index (χ1v) is 13.8. The summed E-state index contributed by atoms with van der Waals surface area (Å²) < 4.78 is 0. The van der Waals surface area contributed by atoms with E-state index >= 15 is 0 Å². The van der Waals surface area contributed by atoms with E-state index in [9.17, 15) is 0 Å². The average molecular weight is 441 g/mol. The van der Waals surface area contributed by atoms with Crippen molar-refractivity contribution in [2.24, 2.45) is 5.92 Å². The van der Waals surface area contributed by atoms with Gasteiger partial charge in [-0.1, -0.05) is 90.3 Å². The first kappa shape index (κ1) is 25.8. The third-order valence-electron chi connectivity index (χ3n) is 5.18. The van der Waals surface area contributed by atoms with Crippen molar-refractivity contribution >= 4 is 46.4 Å². The fraction of sp³-hybridized carbons (Fsp3) is 0.739. The minimum atomic E-state index is 0.412. The Hall–Kier alpha value is -0.260. The predicted octanol–water partition coefficient (Wildman–Crippen LogP) is 8.52. The minimum Gasteiger partial charge on any atom is -0.347 e. The lowest BCUT2D eigenvalue weighted by molar-refractivity contribution is 0.535. The van der Waals surface area contributed by atoms with Crippen LogP contribution in [0.5, 0.6) is 0 Å². The molecule has 0 amide bonds. The molecule has 1 aromatic heterocycles. The summed E-state index contributed by atoms with van der Waals surface area (Å²) in [5.41, 5.74) is 2.15. The second kappa shape index (κ2) is 15.6. The van der Waals surface area contributed by atoms with Crippen molar-refractivity contribution in [3.8, 4) is 0 Å². The molecule has 5 heteroatoms. The van der Waals surface area contributed by atoms with Crippen LogP contribution in [0.15, 0.2) is 16.0 Å². The van der Waals surface area contributed by atoms with Crippen molar-refractivity contribution in [2.75, 3.05) is 17.8 Å². The van der Waals surface area contributed by atoms with E-state index in [1.54, 1.807) is 23.5 Å². The molecule has 0 radical (unpaired) electrons. The number of pyridine rings is 1. The highest BCUT2D eigenvalue weighted by atomic mass is 32.2. The number of thioether (sulfide) groups is 2. The molecule has 28 heavy (non-hydrogen) atoms. The molecule has 1 atom stereocenters. The fourth-order valence-electron chi connectivity index (χ4n) is 3.35. The van der Waals surface area contributed by atoms with E-state index in [2.05, 4.69) is 49.6 Å². The molecule has 1 rings (SSSR count). The van der Waals surface area contributed by atoms with Crippen molar-refractivity contribution in [2.45, 2.75) is 101 Å². The number of nitrogens with one attached hydrogen (secondary N) is 1. The molecule has 1 heterocycles. The molecule has 0 saturated heterocycles. The number of nitrogens with zero attached hydrogens (tertiary/aromatic N) is 1. The van der Waals surface area contributed by atoms with E-state index < -0.39 is 0 Å². The first-order valence-electron chi connectivity index (χ1n) is 10.9. The quantitative estimate of drug-likeness (QED) is 0.167. The van der Waals surface area contributed by atoms with Crippen molar-refractivity contribution in [1.29, 1.82) is 0 Å². The van der Waals surface area contributed by atoms with E-state index in [4.69, 9.17) is 12.2 Å². The van der Waals surface area contributed by atoms with Gasteiger partial charge in [0.05, 0.1) is 10.7 Å². The molecule has 0 aliphatic heterocycles. The van der Waals surface area contributed by atoms with Gasteiger partial charge in [-0.25, -0.2) is 4.98 Å². The molecule has 0 bridgehead atoms. The maximum Gasteiger partial charge on any atom is 0.121 e. The van der Waals surface area contributed by atoms with Crippen molar-refractivity contribution < 1.29 is 0 Å². The van der Waals surface area contributed by atoms with Gasteiger partial charge in [0.1, 0.15) is 5.03 Å². The highest BCUT2D eigenvalue weighted by Crippen LogP contribution is 2.34. The van der Waals surface area contributed by atoms with Crippen molar-refractivity contribution in [1.82, 2.24) is 4.98 Å². The molecule has 160 valence electrons. The van der Waals surface area contributed by atoms with E-state index in [0.29, 0.717) is 5.92 Å². The maximum atomic E-state index is 5.72. The van der Waals surface area contributed by atoms with Crippen LogP contribution in [0.2, 0.25) is 0 Å². The van der Waals surface area contributed by atoms with Crippen LogP contribution >= 0.6 is 35.7 Å². The largest absolute Gasteiger partial charge is 0.347 e. The lowest BCUT2D eigenvalue weighted by Crippen LogP contribution is -2.19. The van der Waals surface area contributed by atoms with E-state index in [0.717, 1.165) is 21.4 Å². The number of aromatic nitrogens is 1. The molecule has 0 fully saturated rings. The summed E-state index contributed by atoms with van der Waals surface area (Å²) in [6, 6.07) is 2.14. The molecule has 2 nitrogen and oxygen atoms in total. The van der Waals surface area contributed by atoms with Gasteiger partial charge in [-0.2, -0.15) is 0 Å². The van der Waals surface area contributed by atoms with Crippen LogP contribution in [0.1, 0.15) is 90.2 Å². The van der Waals surface area contributed by atoms with Crippen LogP contribution in [0.25, 0.3) is 0 Å². The monoisotopic (exact) mass is 440 g/mol. The molecule has 0 saturated carbocycles. The molecular weight excluding hydrogens is 400 g/mol. The lowest BCUT2D eigenvalue weighted by Gasteiger charge is -2.19. The van der Waals surface area contributed by atoms with Crippen LogP contribution in [-0.4, -0.2) is 22.5 Å². The Kier molecular flexibility index (Phi) is 14.3. The molecule has 0 aliphatic rings. The Labute approximate surface area is 187 Å². The van der Waals surface area contributed by atoms with Gasteiger partial charge < -0.3 is 5.32 Å². The number of hydrogen-bond acceptors (Lipinski definition) is 4. The number of rotatable bonds is 15. The lowest BCUT2D eigenvalue weighted by atomic mass is 10.0. The Balaban J connectivity index is 2.31. The van der Waals surface area contributed by atoms with Gasteiger partial charge in [0, 0.05) is 16.5 Å². The summed E-state index contributed by atoms with van der Waals surface area (Å²) in [6.45, 7) is 6.58. The van der Waals surface area contributed by atoms with Gasteiger partial charge in [0.15, 0.2) is 0 Å². The van der Waals surface area contributed by atoms with Crippen LogP contribution in [-0.2, 0) is 0 Å². The number of thiocarbonyl (C=S) groups is 1. The van der Waals surface area contributed by atoms with Gasteiger partial charge in [-0.05, 0) is 31.9 Å². The number of hydrogen-bond donors (Lipinski definition) is 1. The zero-order chi connectivity index (χ0) is 20.8. The summed E-state index contributed by atoms with van der Waals surface area (Å²) in [5.74, 6) is 0.412. The average Bonchev–Trinajstić information content (AvgIpc) is 2.69. The summed E-state index contributed by atoms with van der Waals surface area (Å²) in [5, 5.41) is 4.56. The molecule has 1 N–H and O–H groups in total. The van der Waals surface area contributed by atoms with Crippen molar-refractivity contribution in [3.63, 3.8) is 0 Å².